The minimum atomic E-state index is 0.436. The van der Waals surface area contributed by atoms with Crippen LogP contribution in [-0.4, -0.2) is 44.2 Å². The molecular formula is C20H27N7S2. The number of aromatic nitrogens is 4. The molecule has 29 heavy (non-hydrogen) atoms. The summed E-state index contributed by atoms with van der Waals surface area (Å²) in [5.74, 6) is 1.45. The van der Waals surface area contributed by atoms with Gasteiger partial charge >= 0.3 is 0 Å². The molecule has 2 aromatic rings. The van der Waals surface area contributed by atoms with Gasteiger partial charge in [-0.3, -0.25) is 0 Å². The van der Waals surface area contributed by atoms with Crippen LogP contribution in [0.5, 0.6) is 0 Å². The van der Waals surface area contributed by atoms with Crippen LogP contribution < -0.4 is 15.5 Å². The van der Waals surface area contributed by atoms with Crippen LogP contribution in [0.3, 0.4) is 0 Å². The van der Waals surface area contributed by atoms with Gasteiger partial charge in [0.25, 0.3) is 0 Å². The van der Waals surface area contributed by atoms with Gasteiger partial charge in [0.15, 0.2) is 10.3 Å². The molecule has 2 aromatic heterocycles. The fourth-order valence-electron chi connectivity index (χ4n) is 3.81. The molecule has 0 radical (unpaired) electrons. The van der Waals surface area contributed by atoms with Gasteiger partial charge < -0.3 is 15.5 Å². The second-order valence-corrected chi connectivity index (χ2v) is 8.90. The quantitative estimate of drug-likeness (QED) is 0.317. The molecule has 0 spiro atoms. The highest BCUT2D eigenvalue weighted by molar-refractivity contribution is 7.99. The standard InChI is InChI=1S/C20H27N7S2/c28-19(23-15-8-3-1-2-4-9-15)26-18-24-16(27-12-5-6-13-27)14-17(25-18)29-20-21-10-7-11-22-20/h7,10-11,14-15H,1-6,8-9,12-13H2,(H2,23,24,25,26,28). The van der Waals surface area contributed by atoms with Crippen molar-refractivity contribution < 1.29 is 0 Å². The Morgan fingerprint density at radius 3 is 2.45 bits per heavy atom. The van der Waals surface area contributed by atoms with Gasteiger partial charge in [0.1, 0.15) is 10.8 Å². The fraction of sp³-hybridized carbons (Fsp3) is 0.550. The molecule has 0 aromatic carbocycles. The third kappa shape index (κ3) is 5.99. The van der Waals surface area contributed by atoms with Gasteiger partial charge in [0.05, 0.1) is 0 Å². The monoisotopic (exact) mass is 429 g/mol. The highest BCUT2D eigenvalue weighted by atomic mass is 32.2. The van der Waals surface area contributed by atoms with Crippen LogP contribution in [0.2, 0.25) is 0 Å². The lowest BCUT2D eigenvalue weighted by Crippen LogP contribution is -2.37. The lowest BCUT2D eigenvalue weighted by molar-refractivity contribution is 0.535. The number of hydrogen-bond acceptors (Lipinski definition) is 7. The van der Waals surface area contributed by atoms with E-state index in [1.165, 1.54) is 63.1 Å². The fourth-order valence-corrected chi connectivity index (χ4v) is 4.78. The molecule has 9 heteroatoms. The second-order valence-electron chi connectivity index (χ2n) is 7.50. The van der Waals surface area contributed by atoms with Crippen molar-refractivity contribution in [2.45, 2.75) is 67.6 Å². The van der Waals surface area contributed by atoms with Crippen molar-refractivity contribution in [3.8, 4) is 0 Å². The van der Waals surface area contributed by atoms with Gasteiger partial charge in [-0.2, -0.15) is 4.98 Å². The van der Waals surface area contributed by atoms with Gasteiger partial charge in [-0.1, -0.05) is 25.7 Å². The van der Waals surface area contributed by atoms with Crippen LogP contribution in [-0.2, 0) is 0 Å². The molecule has 2 N–H and O–H groups in total. The predicted molar refractivity (Wildman–Crippen MR) is 120 cm³/mol. The van der Waals surface area contributed by atoms with Crippen molar-refractivity contribution >= 4 is 40.9 Å². The van der Waals surface area contributed by atoms with E-state index in [9.17, 15) is 0 Å². The maximum atomic E-state index is 5.56. The van der Waals surface area contributed by atoms with Crippen molar-refractivity contribution in [3.63, 3.8) is 0 Å². The molecule has 1 saturated carbocycles. The zero-order valence-electron chi connectivity index (χ0n) is 16.5. The first-order valence-electron chi connectivity index (χ1n) is 10.4. The second kappa shape index (κ2) is 10.2. The number of rotatable bonds is 5. The Balaban J connectivity index is 1.48. The van der Waals surface area contributed by atoms with E-state index < -0.39 is 0 Å². The van der Waals surface area contributed by atoms with Crippen molar-refractivity contribution in [1.29, 1.82) is 0 Å². The maximum absolute atomic E-state index is 5.56. The van der Waals surface area contributed by atoms with Crippen molar-refractivity contribution in [2.75, 3.05) is 23.3 Å². The summed E-state index contributed by atoms with van der Waals surface area (Å²) in [4.78, 5) is 20.3. The first-order chi connectivity index (χ1) is 14.3. The summed E-state index contributed by atoms with van der Waals surface area (Å²) >= 11 is 7.00. The minimum Gasteiger partial charge on any atom is -0.360 e. The molecule has 4 rings (SSSR count). The molecule has 0 atom stereocenters. The Bertz CT molecular complexity index is 804. The van der Waals surface area contributed by atoms with Gasteiger partial charge in [-0.05, 0) is 55.7 Å². The molecule has 7 nitrogen and oxygen atoms in total. The van der Waals surface area contributed by atoms with E-state index in [1.54, 1.807) is 12.4 Å². The summed E-state index contributed by atoms with van der Waals surface area (Å²) in [5.41, 5.74) is 0. The zero-order chi connectivity index (χ0) is 19.9. The van der Waals surface area contributed by atoms with E-state index in [0.29, 0.717) is 22.3 Å². The molecule has 3 heterocycles. The van der Waals surface area contributed by atoms with Crippen LogP contribution in [0.25, 0.3) is 0 Å². The van der Waals surface area contributed by atoms with E-state index in [0.717, 1.165) is 23.9 Å². The Morgan fingerprint density at radius 2 is 1.72 bits per heavy atom. The lowest BCUT2D eigenvalue weighted by atomic mass is 10.1. The molecule has 1 saturated heterocycles. The average Bonchev–Trinajstić information content (AvgIpc) is 3.14. The number of anilines is 2. The first-order valence-corrected chi connectivity index (χ1v) is 11.7. The molecule has 2 aliphatic rings. The highest BCUT2D eigenvalue weighted by Crippen LogP contribution is 2.28. The summed E-state index contributed by atoms with van der Waals surface area (Å²) in [7, 11) is 0. The highest BCUT2D eigenvalue weighted by Gasteiger charge is 2.18. The smallest absolute Gasteiger partial charge is 0.232 e. The van der Waals surface area contributed by atoms with Gasteiger partial charge in [-0.15, -0.1) is 0 Å². The molecule has 1 aliphatic carbocycles. The Hall–Kier alpha value is -2.00. The van der Waals surface area contributed by atoms with Crippen molar-refractivity contribution in [1.82, 2.24) is 25.3 Å². The largest absolute Gasteiger partial charge is 0.360 e. The Kier molecular flexibility index (Phi) is 7.10. The minimum absolute atomic E-state index is 0.436. The summed E-state index contributed by atoms with van der Waals surface area (Å²) in [6.07, 6.45) is 13.4. The van der Waals surface area contributed by atoms with Crippen LogP contribution >= 0.6 is 24.0 Å². The third-order valence-electron chi connectivity index (χ3n) is 5.27. The lowest BCUT2D eigenvalue weighted by Gasteiger charge is -2.20. The SMILES string of the molecule is S=C(Nc1nc(Sc2ncccn2)cc(N2CCCC2)n1)NC1CCCCCC1. The van der Waals surface area contributed by atoms with Gasteiger partial charge in [0, 0.05) is 37.6 Å². The molecule has 0 unspecified atom stereocenters. The maximum Gasteiger partial charge on any atom is 0.232 e. The normalized spacial score (nSPS) is 17.7. The molecule has 154 valence electrons. The predicted octanol–water partition coefficient (Wildman–Crippen LogP) is 4.03. The van der Waals surface area contributed by atoms with Crippen LogP contribution in [0.4, 0.5) is 11.8 Å². The number of hydrogen-bond donors (Lipinski definition) is 2. The van der Waals surface area contributed by atoms with Crippen LogP contribution in [0.1, 0.15) is 51.4 Å². The molecule has 0 amide bonds. The summed E-state index contributed by atoms with van der Waals surface area (Å²) in [6.45, 7) is 2.04. The summed E-state index contributed by atoms with van der Waals surface area (Å²) in [6, 6.07) is 4.26. The topological polar surface area (TPSA) is 78.9 Å². The molecule has 0 bridgehead atoms. The van der Waals surface area contributed by atoms with Gasteiger partial charge in [-0.25, -0.2) is 15.0 Å². The van der Waals surface area contributed by atoms with Crippen molar-refractivity contribution in [3.05, 3.63) is 24.5 Å². The molecule has 2 fully saturated rings. The first kappa shape index (κ1) is 20.3. The number of nitrogens with zero attached hydrogens (tertiary/aromatic N) is 5. The van der Waals surface area contributed by atoms with E-state index >= 15 is 0 Å². The van der Waals surface area contributed by atoms with E-state index in [4.69, 9.17) is 17.2 Å². The molecule has 1 aliphatic heterocycles. The Labute approximate surface area is 181 Å². The summed E-state index contributed by atoms with van der Waals surface area (Å²) in [5, 5.41) is 8.76. The zero-order valence-corrected chi connectivity index (χ0v) is 18.1. The van der Waals surface area contributed by atoms with E-state index in [1.807, 2.05) is 12.1 Å². The summed E-state index contributed by atoms with van der Waals surface area (Å²) < 4.78 is 0. The third-order valence-corrected chi connectivity index (χ3v) is 6.30. The van der Waals surface area contributed by atoms with Gasteiger partial charge in [0.2, 0.25) is 5.95 Å². The number of nitrogens with one attached hydrogen (secondary N) is 2. The van der Waals surface area contributed by atoms with E-state index in [-0.39, 0.29) is 0 Å². The van der Waals surface area contributed by atoms with Crippen LogP contribution in [0.15, 0.2) is 34.7 Å². The number of thiocarbonyl (C=S) groups is 1. The Morgan fingerprint density at radius 1 is 1.00 bits per heavy atom. The van der Waals surface area contributed by atoms with Crippen molar-refractivity contribution in [2.24, 2.45) is 0 Å². The molecular weight excluding hydrogens is 402 g/mol. The van der Waals surface area contributed by atoms with E-state index in [2.05, 4.69) is 30.5 Å². The average molecular weight is 430 g/mol. The van der Waals surface area contributed by atoms with Crippen LogP contribution in [0, 0.1) is 0 Å².